The number of halogens is 1. The van der Waals surface area contributed by atoms with Gasteiger partial charge in [0.25, 0.3) is 0 Å². The molecule has 3 aromatic rings. The Balaban J connectivity index is 1.54. The van der Waals surface area contributed by atoms with E-state index in [1.807, 2.05) is 54.8 Å². The number of hydrogen-bond acceptors (Lipinski definition) is 4. The van der Waals surface area contributed by atoms with Gasteiger partial charge in [-0.1, -0.05) is 29.8 Å². The van der Waals surface area contributed by atoms with Crippen LogP contribution in [0.15, 0.2) is 49.1 Å². The van der Waals surface area contributed by atoms with Crippen LogP contribution in [0.2, 0.25) is 5.02 Å². The highest BCUT2D eigenvalue weighted by Crippen LogP contribution is 2.31. The van der Waals surface area contributed by atoms with Gasteiger partial charge in [-0.05, 0) is 49.2 Å². The first-order valence-electron chi connectivity index (χ1n) is 10.8. The summed E-state index contributed by atoms with van der Waals surface area (Å²) >= 11 is 6.23. The second-order valence-corrected chi connectivity index (χ2v) is 8.77. The summed E-state index contributed by atoms with van der Waals surface area (Å²) in [6, 6.07) is 11.6. The number of aliphatic hydroxyl groups is 1. The lowest BCUT2D eigenvalue weighted by molar-refractivity contribution is -0.127. The van der Waals surface area contributed by atoms with E-state index in [1.54, 1.807) is 11.0 Å². The van der Waals surface area contributed by atoms with Gasteiger partial charge in [-0.3, -0.25) is 4.79 Å². The maximum absolute atomic E-state index is 12.4. The molecule has 1 fully saturated rings. The third-order valence-electron chi connectivity index (χ3n) is 5.86. The highest BCUT2D eigenvalue weighted by molar-refractivity contribution is 6.32. The van der Waals surface area contributed by atoms with Gasteiger partial charge in [-0.2, -0.15) is 0 Å². The monoisotopic (exact) mass is 453 g/mol. The summed E-state index contributed by atoms with van der Waals surface area (Å²) in [6.07, 6.45) is 1.40. The fourth-order valence-corrected chi connectivity index (χ4v) is 4.43. The zero-order chi connectivity index (χ0) is 22.8. The molecule has 4 rings (SSSR count). The molecule has 6 nitrogen and oxygen atoms in total. The number of fused-ring (bicyclic) bond motifs is 1. The van der Waals surface area contributed by atoms with Gasteiger partial charge in [0, 0.05) is 30.5 Å². The van der Waals surface area contributed by atoms with Crippen molar-refractivity contribution in [3.05, 3.63) is 71.0 Å². The molecule has 0 unspecified atom stereocenters. The molecule has 0 bridgehead atoms. The number of benzene rings is 2. The Hall–Kier alpha value is -2.83. The molecule has 0 saturated carbocycles. The molecule has 1 aromatic heterocycles. The minimum Gasteiger partial charge on any atom is -0.491 e. The van der Waals surface area contributed by atoms with E-state index in [2.05, 4.69) is 6.58 Å². The third kappa shape index (κ3) is 4.52. The smallest absolute Gasteiger partial charge is 0.223 e. The summed E-state index contributed by atoms with van der Waals surface area (Å²) in [5.41, 5.74) is 3.67. The SMILES string of the molecule is C=CCN1C[C@@H](c2nc3ccccc3n2C[C@@H](O)COc2cc(C)c(Cl)c(C)c2)CC1=O. The molecular weight excluding hydrogens is 426 g/mol. The number of rotatable bonds is 8. The Morgan fingerprint density at radius 2 is 2.03 bits per heavy atom. The first-order valence-corrected chi connectivity index (χ1v) is 11.2. The van der Waals surface area contributed by atoms with Crippen LogP contribution in [0.25, 0.3) is 11.0 Å². The average molecular weight is 454 g/mol. The maximum Gasteiger partial charge on any atom is 0.223 e. The summed E-state index contributed by atoms with van der Waals surface area (Å²) in [5, 5.41) is 11.5. The molecule has 168 valence electrons. The van der Waals surface area contributed by atoms with Crippen LogP contribution in [0.3, 0.4) is 0 Å². The molecule has 32 heavy (non-hydrogen) atoms. The van der Waals surface area contributed by atoms with Gasteiger partial charge >= 0.3 is 0 Å². The Bertz CT molecular complexity index is 1130. The molecule has 1 saturated heterocycles. The topological polar surface area (TPSA) is 67.6 Å². The van der Waals surface area contributed by atoms with E-state index in [0.29, 0.717) is 31.8 Å². The van der Waals surface area contributed by atoms with Crippen molar-refractivity contribution in [3.63, 3.8) is 0 Å². The quantitative estimate of drug-likeness (QED) is 0.518. The highest BCUT2D eigenvalue weighted by Gasteiger charge is 2.33. The van der Waals surface area contributed by atoms with E-state index < -0.39 is 6.10 Å². The van der Waals surface area contributed by atoms with Crippen molar-refractivity contribution in [3.8, 4) is 5.75 Å². The van der Waals surface area contributed by atoms with Crippen LogP contribution in [0.5, 0.6) is 5.75 Å². The maximum atomic E-state index is 12.4. The second kappa shape index (κ2) is 9.35. The predicted molar refractivity (Wildman–Crippen MR) is 126 cm³/mol. The number of amides is 1. The molecule has 1 aliphatic heterocycles. The fourth-order valence-electron chi connectivity index (χ4n) is 4.32. The number of aromatic nitrogens is 2. The molecule has 1 N–H and O–H groups in total. The molecule has 2 heterocycles. The zero-order valence-corrected chi connectivity index (χ0v) is 19.2. The van der Waals surface area contributed by atoms with Crippen molar-refractivity contribution in [1.29, 1.82) is 0 Å². The zero-order valence-electron chi connectivity index (χ0n) is 18.4. The second-order valence-electron chi connectivity index (χ2n) is 8.39. The van der Waals surface area contributed by atoms with Crippen LogP contribution in [0.1, 0.15) is 29.3 Å². The van der Waals surface area contributed by atoms with E-state index in [0.717, 1.165) is 33.0 Å². The average Bonchev–Trinajstić information content (AvgIpc) is 3.31. The molecule has 7 heteroatoms. The largest absolute Gasteiger partial charge is 0.491 e. The Morgan fingerprint density at radius 1 is 1.31 bits per heavy atom. The third-order valence-corrected chi connectivity index (χ3v) is 6.46. The van der Waals surface area contributed by atoms with Gasteiger partial charge in [0.05, 0.1) is 17.6 Å². The van der Waals surface area contributed by atoms with E-state index in [-0.39, 0.29) is 18.4 Å². The molecule has 0 spiro atoms. The van der Waals surface area contributed by atoms with Crippen LogP contribution in [-0.2, 0) is 11.3 Å². The number of aryl methyl sites for hydroxylation is 2. The van der Waals surface area contributed by atoms with E-state index in [4.69, 9.17) is 21.3 Å². The summed E-state index contributed by atoms with van der Waals surface area (Å²) in [4.78, 5) is 19.0. The Kier molecular flexibility index (Phi) is 6.53. The van der Waals surface area contributed by atoms with Gasteiger partial charge in [0.1, 0.15) is 24.3 Å². The standard InChI is InChI=1S/C25H28ClN3O3/c1-4-9-28-13-18(12-23(28)31)25-27-21-7-5-6-8-22(21)29(25)14-19(30)15-32-20-10-16(2)24(26)17(3)11-20/h4-8,10-11,18-19,30H,1,9,12-15H2,2-3H3/t18-,19+/m0/s1. The van der Waals surface area contributed by atoms with Crippen molar-refractivity contribution in [2.75, 3.05) is 19.7 Å². The van der Waals surface area contributed by atoms with Gasteiger partial charge in [-0.15, -0.1) is 6.58 Å². The van der Waals surface area contributed by atoms with Crippen molar-refractivity contribution >= 4 is 28.5 Å². The highest BCUT2D eigenvalue weighted by atomic mass is 35.5. The summed E-state index contributed by atoms with van der Waals surface area (Å²) in [5.74, 6) is 1.58. The first kappa shape index (κ1) is 22.4. The van der Waals surface area contributed by atoms with Crippen molar-refractivity contribution in [2.45, 2.75) is 38.8 Å². The Labute approximate surface area is 193 Å². The van der Waals surface area contributed by atoms with Crippen molar-refractivity contribution in [2.24, 2.45) is 0 Å². The summed E-state index contributed by atoms with van der Waals surface area (Å²) in [6.45, 7) is 9.20. The molecule has 1 amide bonds. The fraction of sp³-hybridized carbons (Fsp3) is 0.360. The lowest BCUT2D eigenvalue weighted by atomic mass is 10.1. The number of ether oxygens (including phenoxy) is 1. The molecule has 0 radical (unpaired) electrons. The van der Waals surface area contributed by atoms with Crippen LogP contribution >= 0.6 is 11.6 Å². The number of aliphatic hydroxyl groups excluding tert-OH is 1. The van der Waals surface area contributed by atoms with Gasteiger partial charge in [0.15, 0.2) is 0 Å². The van der Waals surface area contributed by atoms with Crippen LogP contribution < -0.4 is 4.74 Å². The molecule has 0 aliphatic carbocycles. The number of hydrogen-bond donors (Lipinski definition) is 1. The minimum atomic E-state index is -0.746. The number of para-hydroxylation sites is 2. The lowest BCUT2D eigenvalue weighted by Crippen LogP contribution is -2.26. The van der Waals surface area contributed by atoms with E-state index in [9.17, 15) is 9.90 Å². The predicted octanol–water partition coefficient (Wildman–Crippen LogP) is 4.25. The van der Waals surface area contributed by atoms with Crippen molar-refractivity contribution in [1.82, 2.24) is 14.5 Å². The van der Waals surface area contributed by atoms with Gasteiger partial charge in [0.2, 0.25) is 5.91 Å². The van der Waals surface area contributed by atoms with E-state index >= 15 is 0 Å². The van der Waals surface area contributed by atoms with Crippen LogP contribution in [0, 0.1) is 13.8 Å². The number of carbonyl (C=O) groups excluding carboxylic acids is 1. The minimum absolute atomic E-state index is 0.0236. The molecule has 2 atom stereocenters. The molecule has 2 aromatic carbocycles. The number of likely N-dealkylation sites (tertiary alicyclic amines) is 1. The molecule has 1 aliphatic rings. The normalized spacial score (nSPS) is 17.2. The van der Waals surface area contributed by atoms with Gasteiger partial charge < -0.3 is 19.3 Å². The summed E-state index contributed by atoms with van der Waals surface area (Å²) in [7, 11) is 0. The van der Waals surface area contributed by atoms with Crippen LogP contribution in [0.4, 0.5) is 0 Å². The number of nitrogens with zero attached hydrogens (tertiary/aromatic N) is 3. The van der Waals surface area contributed by atoms with E-state index in [1.165, 1.54) is 0 Å². The molecular formula is C25H28ClN3O3. The van der Waals surface area contributed by atoms with Crippen molar-refractivity contribution < 1.29 is 14.6 Å². The summed E-state index contributed by atoms with van der Waals surface area (Å²) < 4.78 is 7.89. The number of carbonyl (C=O) groups is 1. The van der Waals surface area contributed by atoms with Crippen LogP contribution in [-0.4, -0.2) is 51.3 Å². The van der Waals surface area contributed by atoms with Gasteiger partial charge in [-0.25, -0.2) is 4.98 Å². The number of imidazole rings is 1. The lowest BCUT2D eigenvalue weighted by Gasteiger charge is -2.19. The first-order chi connectivity index (χ1) is 15.4. The Morgan fingerprint density at radius 3 is 2.75 bits per heavy atom.